The van der Waals surface area contributed by atoms with Gasteiger partial charge in [-0.3, -0.25) is 4.68 Å². The molecule has 0 unspecified atom stereocenters. The first-order valence-corrected chi connectivity index (χ1v) is 6.39. The zero-order chi connectivity index (χ0) is 13.1. The summed E-state index contributed by atoms with van der Waals surface area (Å²) in [5, 5.41) is 7.64. The van der Waals surface area contributed by atoms with Crippen LogP contribution in [-0.4, -0.2) is 23.1 Å². The molecule has 100 valence electrons. The van der Waals surface area contributed by atoms with Crippen LogP contribution in [0, 0.1) is 6.92 Å². The van der Waals surface area contributed by atoms with E-state index in [1.807, 2.05) is 36.1 Å². The molecule has 1 aromatic heterocycles. The highest BCUT2D eigenvalue weighted by atomic mass is 16.7. The van der Waals surface area contributed by atoms with Gasteiger partial charge in [0.15, 0.2) is 11.5 Å². The average molecular weight is 259 g/mol. The molecule has 0 fully saturated rings. The van der Waals surface area contributed by atoms with Gasteiger partial charge in [-0.05, 0) is 30.2 Å². The number of ether oxygens (including phenoxy) is 2. The van der Waals surface area contributed by atoms with Crippen LogP contribution in [0.15, 0.2) is 30.6 Å². The number of nitrogens with zero attached hydrogens (tertiary/aromatic N) is 2. The van der Waals surface area contributed by atoms with E-state index in [9.17, 15) is 0 Å². The third kappa shape index (κ3) is 2.88. The van der Waals surface area contributed by atoms with Gasteiger partial charge >= 0.3 is 0 Å². The largest absolute Gasteiger partial charge is 0.454 e. The maximum Gasteiger partial charge on any atom is 0.231 e. The van der Waals surface area contributed by atoms with E-state index in [0.29, 0.717) is 6.79 Å². The molecule has 0 atom stereocenters. The highest BCUT2D eigenvalue weighted by Crippen LogP contribution is 2.32. The van der Waals surface area contributed by atoms with Crippen molar-refractivity contribution < 1.29 is 9.47 Å². The summed E-state index contributed by atoms with van der Waals surface area (Å²) in [5.41, 5.74) is 2.39. The van der Waals surface area contributed by atoms with Gasteiger partial charge in [-0.15, -0.1) is 0 Å². The number of fused-ring (bicyclic) bond motifs is 1. The number of hydrogen-bond acceptors (Lipinski definition) is 4. The average Bonchev–Trinajstić information content (AvgIpc) is 3.03. The maximum absolute atomic E-state index is 5.35. The lowest BCUT2D eigenvalue weighted by Gasteiger charge is -2.06. The Balaban J connectivity index is 1.47. The standard InChI is InChI=1S/C14H17N3O2/c1-11-7-16-17(9-11)5-4-15-8-12-2-3-13-14(6-12)19-10-18-13/h2-3,6-7,9,15H,4-5,8,10H2,1H3. The van der Waals surface area contributed by atoms with Gasteiger partial charge in [0.2, 0.25) is 6.79 Å². The number of aromatic nitrogens is 2. The third-order valence-electron chi connectivity index (χ3n) is 3.05. The van der Waals surface area contributed by atoms with Gasteiger partial charge in [0.25, 0.3) is 0 Å². The molecule has 3 rings (SSSR count). The number of hydrogen-bond donors (Lipinski definition) is 1. The molecule has 0 saturated heterocycles. The minimum absolute atomic E-state index is 0.324. The van der Waals surface area contributed by atoms with Crippen molar-refractivity contribution in [1.29, 1.82) is 0 Å². The van der Waals surface area contributed by atoms with Crippen molar-refractivity contribution in [3.05, 3.63) is 41.7 Å². The van der Waals surface area contributed by atoms with Crippen LogP contribution in [0.25, 0.3) is 0 Å². The smallest absolute Gasteiger partial charge is 0.231 e. The normalized spacial score (nSPS) is 12.9. The Morgan fingerprint density at radius 1 is 1.32 bits per heavy atom. The Labute approximate surface area is 112 Å². The molecule has 0 saturated carbocycles. The highest BCUT2D eigenvalue weighted by molar-refractivity contribution is 5.44. The summed E-state index contributed by atoms with van der Waals surface area (Å²) in [5.74, 6) is 1.66. The summed E-state index contributed by atoms with van der Waals surface area (Å²) in [4.78, 5) is 0. The summed E-state index contributed by atoms with van der Waals surface area (Å²) in [7, 11) is 0. The molecule has 19 heavy (non-hydrogen) atoms. The number of benzene rings is 1. The van der Waals surface area contributed by atoms with Gasteiger partial charge in [-0.1, -0.05) is 6.07 Å². The highest BCUT2D eigenvalue weighted by Gasteiger charge is 2.12. The lowest BCUT2D eigenvalue weighted by Crippen LogP contribution is -2.19. The Morgan fingerprint density at radius 2 is 2.21 bits per heavy atom. The van der Waals surface area contributed by atoms with Crippen LogP contribution < -0.4 is 14.8 Å². The van der Waals surface area contributed by atoms with Gasteiger partial charge in [-0.2, -0.15) is 5.10 Å². The molecule has 2 aromatic rings. The molecule has 5 heteroatoms. The maximum atomic E-state index is 5.35. The Kier molecular flexibility index (Phi) is 3.37. The molecule has 5 nitrogen and oxygen atoms in total. The second-order valence-electron chi connectivity index (χ2n) is 4.65. The van der Waals surface area contributed by atoms with E-state index in [2.05, 4.69) is 16.5 Å². The fourth-order valence-electron chi connectivity index (χ4n) is 2.07. The molecule has 0 spiro atoms. The van der Waals surface area contributed by atoms with E-state index in [1.165, 1.54) is 11.1 Å². The van der Waals surface area contributed by atoms with Crippen LogP contribution in [0.4, 0.5) is 0 Å². The zero-order valence-electron chi connectivity index (χ0n) is 10.9. The summed E-state index contributed by atoms with van der Waals surface area (Å²) < 4.78 is 12.6. The van der Waals surface area contributed by atoms with Crippen LogP contribution in [0.1, 0.15) is 11.1 Å². The molecular weight excluding hydrogens is 242 g/mol. The minimum Gasteiger partial charge on any atom is -0.454 e. The van der Waals surface area contributed by atoms with E-state index in [0.717, 1.165) is 31.1 Å². The summed E-state index contributed by atoms with van der Waals surface area (Å²) >= 11 is 0. The first kappa shape index (κ1) is 12.0. The molecule has 1 aromatic carbocycles. The monoisotopic (exact) mass is 259 g/mol. The molecule has 0 aliphatic carbocycles. The van der Waals surface area contributed by atoms with Gasteiger partial charge in [0.1, 0.15) is 0 Å². The van der Waals surface area contributed by atoms with Crippen molar-refractivity contribution in [3.8, 4) is 11.5 Å². The van der Waals surface area contributed by atoms with Crippen LogP contribution in [0.3, 0.4) is 0 Å². The number of nitrogens with one attached hydrogen (secondary N) is 1. The zero-order valence-corrected chi connectivity index (χ0v) is 10.9. The molecule has 2 heterocycles. The summed E-state index contributed by atoms with van der Waals surface area (Å²) in [6.07, 6.45) is 3.92. The summed E-state index contributed by atoms with van der Waals surface area (Å²) in [6.45, 7) is 4.94. The van der Waals surface area contributed by atoms with E-state index in [1.54, 1.807) is 0 Å². The first-order chi connectivity index (χ1) is 9.31. The molecule has 0 bridgehead atoms. The second kappa shape index (κ2) is 5.32. The van der Waals surface area contributed by atoms with Crippen molar-refractivity contribution in [2.75, 3.05) is 13.3 Å². The first-order valence-electron chi connectivity index (χ1n) is 6.39. The van der Waals surface area contributed by atoms with Crippen LogP contribution in [0.5, 0.6) is 11.5 Å². The topological polar surface area (TPSA) is 48.3 Å². The van der Waals surface area contributed by atoms with Crippen LogP contribution >= 0.6 is 0 Å². The van der Waals surface area contributed by atoms with Crippen molar-refractivity contribution in [2.24, 2.45) is 0 Å². The molecular formula is C14H17N3O2. The van der Waals surface area contributed by atoms with Crippen molar-refractivity contribution >= 4 is 0 Å². The van der Waals surface area contributed by atoms with E-state index < -0.39 is 0 Å². The van der Waals surface area contributed by atoms with Gasteiger partial charge in [0.05, 0.1) is 12.7 Å². The van der Waals surface area contributed by atoms with Crippen molar-refractivity contribution in [1.82, 2.24) is 15.1 Å². The van der Waals surface area contributed by atoms with Gasteiger partial charge < -0.3 is 14.8 Å². The Bertz CT molecular complexity index is 566. The number of rotatable bonds is 5. The second-order valence-corrected chi connectivity index (χ2v) is 4.65. The molecule has 0 amide bonds. The van der Waals surface area contributed by atoms with E-state index in [4.69, 9.17) is 9.47 Å². The fourth-order valence-corrected chi connectivity index (χ4v) is 2.07. The molecule has 0 radical (unpaired) electrons. The fraction of sp³-hybridized carbons (Fsp3) is 0.357. The predicted molar refractivity (Wildman–Crippen MR) is 71.2 cm³/mol. The van der Waals surface area contributed by atoms with Crippen LogP contribution in [0.2, 0.25) is 0 Å². The Hall–Kier alpha value is -2.01. The molecule has 1 aliphatic heterocycles. The minimum atomic E-state index is 0.324. The van der Waals surface area contributed by atoms with E-state index in [-0.39, 0.29) is 0 Å². The quantitative estimate of drug-likeness (QED) is 0.830. The van der Waals surface area contributed by atoms with Crippen LogP contribution in [-0.2, 0) is 13.1 Å². The predicted octanol–water partition coefficient (Wildman–Crippen LogP) is 1.71. The van der Waals surface area contributed by atoms with Gasteiger partial charge in [-0.25, -0.2) is 0 Å². The molecule has 1 aliphatic rings. The number of aryl methyl sites for hydroxylation is 1. The lowest BCUT2D eigenvalue weighted by atomic mass is 10.2. The Morgan fingerprint density at radius 3 is 3.05 bits per heavy atom. The van der Waals surface area contributed by atoms with Gasteiger partial charge in [0, 0.05) is 19.3 Å². The van der Waals surface area contributed by atoms with E-state index >= 15 is 0 Å². The van der Waals surface area contributed by atoms with Crippen molar-refractivity contribution in [2.45, 2.75) is 20.0 Å². The lowest BCUT2D eigenvalue weighted by molar-refractivity contribution is 0.174. The SMILES string of the molecule is Cc1cnn(CCNCc2ccc3c(c2)OCO3)c1. The third-order valence-corrected chi connectivity index (χ3v) is 3.05. The molecule has 1 N–H and O–H groups in total. The summed E-state index contributed by atoms with van der Waals surface area (Å²) in [6, 6.07) is 6.03. The van der Waals surface area contributed by atoms with Crippen molar-refractivity contribution in [3.63, 3.8) is 0 Å².